The van der Waals surface area contributed by atoms with E-state index in [0.29, 0.717) is 56.2 Å². The Hall–Kier alpha value is -2.53. The van der Waals surface area contributed by atoms with E-state index < -0.39 is 6.04 Å². The van der Waals surface area contributed by atoms with Crippen molar-refractivity contribution in [2.24, 2.45) is 22.4 Å². The number of Topliss-reactive ketones (excluding diaryl/α,β-unsaturated/α-hetero) is 1. The van der Waals surface area contributed by atoms with Crippen molar-refractivity contribution in [2.75, 3.05) is 19.6 Å². The Bertz CT molecular complexity index is 898. The van der Waals surface area contributed by atoms with E-state index in [0.717, 1.165) is 12.8 Å². The van der Waals surface area contributed by atoms with Crippen LogP contribution in [0.1, 0.15) is 87.4 Å². The Morgan fingerprint density at radius 2 is 1.97 bits per heavy atom. The molecule has 1 aromatic heterocycles. The van der Waals surface area contributed by atoms with E-state index >= 15 is 0 Å². The third-order valence-corrected chi connectivity index (χ3v) is 8.36. The molecule has 0 aromatic carbocycles. The molecule has 11 heteroatoms. The predicted octanol–water partition coefficient (Wildman–Crippen LogP) is 2.19. The van der Waals surface area contributed by atoms with Crippen LogP contribution in [0.25, 0.3) is 0 Å². The van der Waals surface area contributed by atoms with Crippen molar-refractivity contribution < 1.29 is 14.4 Å². The zero-order chi connectivity index (χ0) is 26.6. The Morgan fingerprint density at radius 3 is 2.65 bits per heavy atom. The lowest BCUT2D eigenvalue weighted by Gasteiger charge is -2.29. The van der Waals surface area contributed by atoms with Crippen molar-refractivity contribution in [3.8, 4) is 0 Å². The second kappa shape index (κ2) is 15.0. The maximum atomic E-state index is 13.3. The average molecular weight is 534 g/mol. The molecule has 1 unspecified atom stereocenters. The van der Waals surface area contributed by atoms with E-state index in [9.17, 15) is 14.4 Å². The summed E-state index contributed by atoms with van der Waals surface area (Å²) in [5.41, 5.74) is 10.8. The molecule has 1 saturated heterocycles. The topological polar surface area (TPSA) is 156 Å². The largest absolute Gasteiger partial charge is 0.370 e. The maximum Gasteiger partial charge on any atom is 0.237 e. The molecule has 2 aliphatic rings. The number of nitrogens with one attached hydrogen (secondary N) is 2. The summed E-state index contributed by atoms with van der Waals surface area (Å²) in [6, 6.07) is -0.919. The molecule has 206 valence electrons. The van der Waals surface area contributed by atoms with Gasteiger partial charge in [-0.2, -0.15) is 0 Å². The number of aromatic nitrogens is 1. The van der Waals surface area contributed by atoms with Crippen LogP contribution >= 0.6 is 11.3 Å². The molecule has 1 aliphatic carbocycles. The molecule has 3 atom stereocenters. The number of aliphatic imine (C=N–C) groups is 1. The van der Waals surface area contributed by atoms with Crippen LogP contribution in [0.3, 0.4) is 0 Å². The molecule has 1 saturated carbocycles. The minimum atomic E-state index is -0.690. The number of carbonyl (C=O) groups excluding carboxylic acids is 3. The second-order valence-electron chi connectivity index (χ2n) is 10.1. The van der Waals surface area contributed by atoms with Gasteiger partial charge in [-0.25, -0.2) is 4.98 Å². The van der Waals surface area contributed by atoms with Gasteiger partial charge in [-0.15, -0.1) is 11.3 Å². The van der Waals surface area contributed by atoms with E-state index in [-0.39, 0.29) is 35.6 Å². The van der Waals surface area contributed by atoms with Crippen molar-refractivity contribution in [1.29, 1.82) is 0 Å². The SMILES string of the molecule is CCN1[C@H](CNC(=O)CCC2CCCCC2)CC[C@H]1C(=O)NC(CCCN=C(N)N)C(=O)c1nccs1. The molecular formula is C26H43N7O3S. The number of likely N-dealkylation sites (tertiary alicyclic amines) is 1. The zero-order valence-corrected chi connectivity index (χ0v) is 22.8. The van der Waals surface area contributed by atoms with Gasteiger partial charge in [0.25, 0.3) is 0 Å². The van der Waals surface area contributed by atoms with E-state index in [1.807, 2.05) is 6.92 Å². The lowest BCUT2D eigenvalue weighted by molar-refractivity contribution is -0.126. The Morgan fingerprint density at radius 1 is 1.19 bits per heavy atom. The van der Waals surface area contributed by atoms with Gasteiger partial charge in [0.1, 0.15) is 0 Å². The number of amides is 2. The Kier molecular flexibility index (Phi) is 11.8. The fraction of sp³-hybridized carbons (Fsp3) is 0.731. The molecule has 10 nitrogen and oxygen atoms in total. The van der Waals surface area contributed by atoms with Crippen LogP contribution in [0.2, 0.25) is 0 Å². The van der Waals surface area contributed by atoms with Crippen LogP contribution in [0.15, 0.2) is 16.6 Å². The average Bonchev–Trinajstić information content (AvgIpc) is 3.58. The highest BCUT2D eigenvalue weighted by Gasteiger charge is 2.38. The van der Waals surface area contributed by atoms with Gasteiger partial charge in [0.2, 0.25) is 17.6 Å². The van der Waals surface area contributed by atoms with E-state index in [4.69, 9.17) is 11.5 Å². The first-order valence-electron chi connectivity index (χ1n) is 13.7. The predicted molar refractivity (Wildman–Crippen MR) is 146 cm³/mol. The van der Waals surface area contributed by atoms with Gasteiger partial charge in [0.05, 0.1) is 12.1 Å². The fourth-order valence-corrected chi connectivity index (χ4v) is 6.21. The molecule has 0 spiro atoms. The lowest BCUT2D eigenvalue weighted by atomic mass is 9.86. The fourth-order valence-electron chi connectivity index (χ4n) is 5.58. The van der Waals surface area contributed by atoms with Gasteiger partial charge >= 0.3 is 0 Å². The van der Waals surface area contributed by atoms with Crippen LogP contribution < -0.4 is 22.1 Å². The lowest BCUT2D eigenvalue weighted by Crippen LogP contribution is -2.52. The van der Waals surface area contributed by atoms with Crippen molar-refractivity contribution in [2.45, 2.75) is 95.7 Å². The molecule has 2 fully saturated rings. The molecule has 0 radical (unpaired) electrons. The number of ketones is 1. The van der Waals surface area contributed by atoms with Gasteiger partial charge in [-0.05, 0) is 44.6 Å². The maximum absolute atomic E-state index is 13.3. The number of carbonyl (C=O) groups is 3. The number of likely N-dealkylation sites (N-methyl/N-ethyl adjacent to an activating group) is 1. The van der Waals surface area contributed by atoms with Gasteiger partial charge in [-0.3, -0.25) is 24.3 Å². The third-order valence-electron chi connectivity index (χ3n) is 7.57. The van der Waals surface area contributed by atoms with Crippen molar-refractivity contribution in [3.05, 3.63) is 16.6 Å². The standard InChI is InChI=1S/C26H43N7O3S/c1-2-33-19(17-31-22(34)13-10-18-7-4-3-5-8-18)11-12-21(33)24(36)32-20(9-6-14-30-26(27)28)23(35)25-29-15-16-37-25/h15-16,18-21H,2-14,17H2,1H3,(H,31,34)(H,32,36)(H4,27,28,30)/t19-,20?,21-/m0/s1. The summed E-state index contributed by atoms with van der Waals surface area (Å²) in [7, 11) is 0. The first-order valence-corrected chi connectivity index (χ1v) is 14.6. The quantitative estimate of drug-likeness (QED) is 0.124. The summed E-state index contributed by atoms with van der Waals surface area (Å²) >= 11 is 1.26. The van der Waals surface area contributed by atoms with Gasteiger partial charge in [0, 0.05) is 37.1 Å². The molecule has 0 bridgehead atoms. The molecule has 37 heavy (non-hydrogen) atoms. The van der Waals surface area contributed by atoms with Crippen LogP contribution in [0, 0.1) is 5.92 Å². The smallest absolute Gasteiger partial charge is 0.237 e. The third kappa shape index (κ3) is 9.07. The van der Waals surface area contributed by atoms with E-state index in [2.05, 4.69) is 25.5 Å². The number of guanidine groups is 1. The molecule has 6 N–H and O–H groups in total. The number of nitrogens with two attached hydrogens (primary N) is 2. The molecule has 1 aliphatic heterocycles. The zero-order valence-electron chi connectivity index (χ0n) is 22.0. The normalized spacial score (nSPS) is 21.3. The highest BCUT2D eigenvalue weighted by molar-refractivity contribution is 7.11. The number of thiazole rings is 1. The highest BCUT2D eigenvalue weighted by atomic mass is 32.1. The summed E-state index contributed by atoms with van der Waals surface area (Å²) < 4.78 is 0. The van der Waals surface area contributed by atoms with E-state index in [1.165, 1.54) is 43.4 Å². The summed E-state index contributed by atoms with van der Waals surface area (Å²) in [6.45, 7) is 3.64. The number of nitrogens with zero attached hydrogens (tertiary/aromatic N) is 3. The number of hydrogen-bond acceptors (Lipinski definition) is 7. The monoisotopic (exact) mass is 533 g/mol. The minimum Gasteiger partial charge on any atom is -0.370 e. The first kappa shape index (κ1) is 29.0. The van der Waals surface area contributed by atoms with Gasteiger partial charge in [0.15, 0.2) is 11.0 Å². The van der Waals surface area contributed by atoms with Crippen LogP contribution in [-0.2, 0) is 9.59 Å². The first-order chi connectivity index (χ1) is 17.9. The molecular weight excluding hydrogens is 490 g/mol. The highest BCUT2D eigenvalue weighted by Crippen LogP contribution is 2.27. The van der Waals surface area contributed by atoms with E-state index in [1.54, 1.807) is 11.6 Å². The van der Waals surface area contributed by atoms with Crippen LogP contribution in [0.4, 0.5) is 0 Å². The Balaban J connectivity index is 1.51. The summed E-state index contributed by atoms with van der Waals surface area (Å²) in [5, 5.41) is 8.20. The second-order valence-corrected chi connectivity index (χ2v) is 11.0. The number of rotatable bonds is 14. The summed E-state index contributed by atoms with van der Waals surface area (Å²) in [6.07, 6.45) is 12.0. The molecule has 1 aromatic rings. The summed E-state index contributed by atoms with van der Waals surface area (Å²) in [4.78, 5) is 49.1. The number of hydrogen-bond donors (Lipinski definition) is 4. The van der Waals surface area contributed by atoms with Crippen molar-refractivity contribution >= 4 is 34.9 Å². The van der Waals surface area contributed by atoms with Gasteiger partial charge < -0.3 is 22.1 Å². The molecule has 3 rings (SSSR count). The molecule has 2 amide bonds. The van der Waals surface area contributed by atoms with Crippen LogP contribution in [0.5, 0.6) is 0 Å². The minimum absolute atomic E-state index is 0.00324. The summed E-state index contributed by atoms with van der Waals surface area (Å²) in [5.74, 6) is 0.430. The Labute approximate surface area is 224 Å². The van der Waals surface area contributed by atoms with Crippen molar-refractivity contribution in [1.82, 2.24) is 20.5 Å². The van der Waals surface area contributed by atoms with Gasteiger partial charge in [-0.1, -0.05) is 39.0 Å². The van der Waals surface area contributed by atoms with Crippen LogP contribution in [-0.4, -0.2) is 71.2 Å². The molecule has 2 heterocycles. The van der Waals surface area contributed by atoms with Crippen molar-refractivity contribution in [3.63, 3.8) is 0 Å².